The van der Waals surface area contributed by atoms with Gasteiger partial charge in [-0.15, -0.1) is 0 Å². The summed E-state index contributed by atoms with van der Waals surface area (Å²) in [6.07, 6.45) is 1.46. The zero-order valence-corrected chi connectivity index (χ0v) is 15.5. The molecule has 26 heavy (non-hydrogen) atoms. The number of carbonyl (C=O) groups is 1. The summed E-state index contributed by atoms with van der Waals surface area (Å²) in [6.45, 7) is 2.65. The molecule has 3 rings (SSSR count). The number of nitrogens with zero attached hydrogens (tertiary/aromatic N) is 3. The van der Waals surface area contributed by atoms with E-state index in [9.17, 15) is 4.79 Å². The topological polar surface area (TPSA) is 78.3 Å². The van der Waals surface area contributed by atoms with Crippen LogP contribution in [0.1, 0.15) is 16.1 Å². The predicted molar refractivity (Wildman–Crippen MR) is 99.4 cm³/mol. The molecule has 0 aliphatic heterocycles. The van der Waals surface area contributed by atoms with Gasteiger partial charge in [0.05, 0.1) is 41.1 Å². The van der Waals surface area contributed by atoms with Crippen LogP contribution in [0.3, 0.4) is 0 Å². The highest BCUT2D eigenvalue weighted by atomic mass is 35.5. The first-order chi connectivity index (χ1) is 12.6. The molecule has 3 aromatic rings. The van der Waals surface area contributed by atoms with Gasteiger partial charge < -0.3 is 14.8 Å². The first kappa shape index (κ1) is 18.2. The second-order valence-electron chi connectivity index (χ2n) is 5.63. The maximum absolute atomic E-state index is 12.3. The van der Waals surface area contributed by atoms with E-state index in [1.165, 1.54) is 6.20 Å². The maximum atomic E-state index is 12.3. The number of ether oxygens (including phenoxy) is 2. The van der Waals surface area contributed by atoms with Crippen LogP contribution >= 0.6 is 11.6 Å². The smallest absolute Gasteiger partial charge is 0.254 e. The number of pyridine rings is 1. The van der Waals surface area contributed by atoms with Crippen LogP contribution in [-0.4, -0.2) is 48.0 Å². The molecule has 0 aliphatic carbocycles. The van der Waals surface area contributed by atoms with Crippen LogP contribution < -0.4 is 10.1 Å². The number of hydrogen-bond donors (Lipinski definition) is 1. The van der Waals surface area contributed by atoms with E-state index in [1.807, 2.05) is 31.2 Å². The van der Waals surface area contributed by atoms with E-state index in [0.717, 1.165) is 5.69 Å². The number of carbonyl (C=O) groups excluding carboxylic acids is 1. The number of halogens is 1. The molecule has 8 heteroatoms. The molecule has 136 valence electrons. The molecule has 0 saturated heterocycles. The van der Waals surface area contributed by atoms with Gasteiger partial charge in [-0.1, -0.05) is 17.7 Å². The maximum Gasteiger partial charge on any atom is 0.254 e. The van der Waals surface area contributed by atoms with Gasteiger partial charge in [-0.3, -0.25) is 4.79 Å². The van der Waals surface area contributed by atoms with Crippen LogP contribution in [0.2, 0.25) is 5.02 Å². The third-order valence-corrected chi connectivity index (χ3v) is 4.33. The highest BCUT2D eigenvalue weighted by Gasteiger charge is 2.20. The number of amides is 1. The summed E-state index contributed by atoms with van der Waals surface area (Å²) in [5.74, 6) is 0.416. The average Bonchev–Trinajstić information content (AvgIpc) is 2.99. The number of hydrogen-bond acceptors (Lipinski definition) is 5. The molecular weight excluding hydrogens is 356 g/mol. The minimum Gasteiger partial charge on any atom is -0.497 e. The quantitative estimate of drug-likeness (QED) is 0.671. The van der Waals surface area contributed by atoms with E-state index < -0.39 is 0 Å². The van der Waals surface area contributed by atoms with Gasteiger partial charge in [-0.05, 0) is 19.1 Å². The second-order valence-corrected chi connectivity index (χ2v) is 6.01. The summed E-state index contributed by atoms with van der Waals surface area (Å²) >= 11 is 6.50. The minimum atomic E-state index is -0.296. The Bertz CT molecular complexity index is 955. The van der Waals surface area contributed by atoms with Crippen molar-refractivity contribution in [2.75, 3.05) is 27.4 Å². The normalized spacial score (nSPS) is 10.9. The summed E-state index contributed by atoms with van der Waals surface area (Å²) in [4.78, 5) is 16.7. The van der Waals surface area contributed by atoms with Crippen LogP contribution in [-0.2, 0) is 4.74 Å². The number of rotatable bonds is 6. The monoisotopic (exact) mass is 374 g/mol. The Labute approximate surface area is 155 Å². The number of methoxy groups -OCH3 is 2. The molecule has 0 atom stereocenters. The molecule has 0 fully saturated rings. The predicted octanol–water partition coefficient (Wildman–Crippen LogP) is 2.77. The van der Waals surface area contributed by atoms with Crippen molar-refractivity contribution in [3.63, 3.8) is 0 Å². The van der Waals surface area contributed by atoms with Gasteiger partial charge in [0.25, 0.3) is 5.91 Å². The number of fused-ring (bicyclic) bond motifs is 1. The molecule has 7 nitrogen and oxygen atoms in total. The second kappa shape index (κ2) is 7.72. The van der Waals surface area contributed by atoms with Crippen LogP contribution in [0, 0.1) is 6.92 Å². The Balaban J connectivity index is 2.05. The third kappa shape index (κ3) is 3.36. The molecule has 2 aromatic heterocycles. The molecule has 0 bridgehead atoms. The summed E-state index contributed by atoms with van der Waals surface area (Å²) in [6, 6.07) is 7.48. The summed E-state index contributed by atoms with van der Waals surface area (Å²) in [5.41, 5.74) is 2.37. The van der Waals surface area contributed by atoms with Gasteiger partial charge in [0.1, 0.15) is 5.75 Å². The highest BCUT2D eigenvalue weighted by molar-refractivity contribution is 6.38. The fourth-order valence-corrected chi connectivity index (χ4v) is 3.01. The number of nitrogens with one attached hydrogen (secondary N) is 1. The third-order valence-electron chi connectivity index (χ3n) is 3.94. The molecule has 0 unspecified atom stereocenters. The lowest BCUT2D eigenvalue weighted by atomic mass is 10.2. The standard InChI is InChI=1S/C18H19ClN4O3/c1-11-15-16(19)14(18(24)20-7-8-25-2)10-21-17(15)23(22-11)12-5-4-6-13(9-12)26-3/h4-6,9-10H,7-8H2,1-3H3,(H,20,24). The Morgan fingerprint density at radius 3 is 2.88 bits per heavy atom. The van der Waals surface area contributed by atoms with Crippen LogP contribution in [0.5, 0.6) is 5.75 Å². The fourth-order valence-electron chi connectivity index (χ4n) is 2.65. The fraction of sp³-hybridized carbons (Fsp3) is 0.278. The van der Waals surface area contributed by atoms with Crippen molar-refractivity contribution < 1.29 is 14.3 Å². The van der Waals surface area contributed by atoms with Crippen LogP contribution in [0.15, 0.2) is 30.5 Å². The van der Waals surface area contributed by atoms with Gasteiger partial charge in [-0.25, -0.2) is 9.67 Å². The van der Waals surface area contributed by atoms with E-state index >= 15 is 0 Å². The molecular formula is C18H19ClN4O3. The summed E-state index contributed by atoms with van der Waals surface area (Å²) in [5, 5.41) is 8.26. The SMILES string of the molecule is COCCNC(=O)c1cnc2c(c(C)nn2-c2cccc(OC)c2)c1Cl. The van der Waals surface area contributed by atoms with E-state index in [1.54, 1.807) is 18.9 Å². The van der Waals surface area contributed by atoms with Crippen molar-refractivity contribution in [3.05, 3.63) is 46.7 Å². The number of aromatic nitrogens is 3. The largest absolute Gasteiger partial charge is 0.497 e. The zero-order chi connectivity index (χ0) is 18.7. The average molecular weight is 375 g/mol. The Kier molecular flexibility index (Phi) is 5.39. The van der Waals surface area contributed by atoms with Crippen molar-refractivity contribution in [3.8, 4) is 11.4 Å². The first-order valence-electron chi connectivity index (χ1n) is 8.02. The number of aryl methyl sites for hydroxylation is 1. The minimum absolute atomic E-state index is 0.296. The van der Waals surface area contributed by atoms with Gasteiger partial charge >= 0.3 is 0 Å². The molecule has 1 aromatic carbocycles. The van der Waals surface area contributed by atoms with Crippen molar-refractivity contribution in [2.24, 2.45) is 0 Å². The molecule has 0 saturated carbocycles. The molecule has 1 amide bonds. The van der Waals surface area contributed by atoms with Gasteiger partial charge in [0.15, 0.2) is 5.65 Å². The van der Waals surface area contributed by atoms with Crippen LogP contribution in [0.25, 0.3) is 16.7 Å². The van der Waals surface area contributed by atoms with E-state index in [-0.39, 0.29) is 5.91 Å². The van der Waals surface area contributed by atoms with Gasteiger partial charge in [0.2, 0.25) is 0 Å². The molecule has 0 radical (unpaired) electrons. The molecule has 0 aliphatic rings. The number of benzene rings is 1. The summed E-state index contributed by atoms with van der Waals surface area (Å²) < 4.78 is 11.9. The van der Waals surface area contributed by atoms with Crippen molar-refractivity contribution in [1.29, 1.82) is 0 Å². The van der Waals surface area contributed by atoms with E-state index in [0.29, 0.717) is 46.2 Å². The Morgan fingerprint density at radius 1 is 1.35 bits per heavy atom. The highest BCUT2D eigenvalue weighted by Crippen LogP contribution is 2.30. The lowest BCUT2D eigenvalue weighted by Gasteiger charge is -2.08. The molecule has 2 heterocycles. The lowest BCUT2D eigenvalue weighted by molar-refractivity contribution is 0.0937. The first-order valence-corrected chi connectivity index (χ1v) is 8.40. The van der Waals surface area contributed by atoms with Gasteiger partial charge in [-0.2, -0.15) is 5.10 Å². The van der Waals surface area contributed by atoms with Crippen molar-refractivity contribution in [2.45, 2.75) is 6.92 Å². The van der Waals surface area contributed by atoms with Crippen molar-refractivity contribution >= 4 is 28.5 Å². The van der Waals surface area contributed by atoms with E-state index in [4.69, 9.17) is 21.1 Å². The van der Waals surface area contributed by atoms with Gasteiger partial charge in [0, 0.05) is 25.9 Å². The zero-order valence-electron chi connectivity index (χ0n) is 14.7. The molecule has 1 N–H and O–H groups in total. The lowest BCUT2D eigenvalue weighted by Crippen LogP contribution is -2.27. The van der Waals surface area contributed by atoms with Crippen molar-refractivity contribution in [1.82, 2.24) is 20.1 Å². The van der Waals surface area contributed by atoms with Crippen LogP contribution in [0.4, 0.5) is 0 Å². The molecule has 0 spiro atoms. The summed E-state index contributed by atoms with van der Waals surface area (Å²) in [7, 11) is 3.18. The Hall–Kier alpha value is -2.64. The Morgan fingerprint density at radius 2 is 2.15 bits per heavy atom. The van der Waals surface area contributed by atoms with E-state index in [2.05, 4.69) is 15.4 Å².